The molecule has 0 bridgehead atoms. The lowest BCUT2D eigenvalue weighted by atomic mass is 10.4. The van der Waals surface area contributed by atoms with E-state index in [1.54, 1.807) is 48.1 Å². The maximum atomic E-state index is 12.2. The molecule has 1 N–H and O–H groups in total. The normalized spacial score (nSPS) is 11.3. The van der Waals surface area contributed by atoms with Crippen molar-refractivity contribution in [3.05, 3.63) is 41.1 Å². The van der Waals surface area contributed by atoms with Crippen LogP contribution < -0.4 is 5.32 Å². The molecule has 1 heterocycles. The van der Waals surface area contributed by atoms with Gasteiger partial charge in [0.25, 0.3) is 0 Å². The average molecular weight is 253 g/mol. The van der Waals surface area contributed by atoms with Gasteiger partial charge in [-0.15, -0.1) is 11.3 Å². The van der Waals surface area contributed by atoms with Crippen molar-refractivity contribution in [2.24, 2.45) is 0 Å². The summed E-state index contributed by atoms with van der Waals surface area (Å²) in [7, 11) is -1.68. The molecular formula is C11H11NO2S2. The number of sulfone groups is 1. The lowest BCUT2D eigenvalue weighted by Crippen LogP contribution is -2.03. The summed E-state index contributed by atoms with van der Waals surface area (Å²) < 4.78 is 24.5. The van der Waals surface area contributed by atoms with Gasteiger partial charge in [-0.3, -0.25) is 0 Å². The molecule has 0 saturated heterocycles. The van der Waals surface area contributed by atoms with Gasteiger partial charge in [-0.05, 0) is 12.1 Å². The lowest BCUT2D eigenvalue weighted by molar-refractivity contribution is 0.597. The number of anilines is 1. The molecule has 0 aliphatic heterocycles. The Labute approximate surface area is 98.7 Å². The van der Waals surface area contributed by atoms with Gasteiger partial charge in [-0.1, -0.05) is 18.2 Å². The molecule has 0 aliphatic carbocycles. The fourth-order valence-corrected chi connectivity index (χ4v) is 4.07. The summed E-state index contributed by atoms with van der Waals surface area (Å²) in [5, 5.41) is 6.32. The highest BCUT2D eigenvalue weighted by molar-refractivity contribution is 7.91. The van der Waals surface area contributed by atoms with Gasteiger partial charge >= 0.3 is 0 Å². The van der Waals surface area contributed by atoms with Crippen molar-refractivity contribution < 1.29 is 8.42 Å². The smallest absolute Gasteiger partial charge is 0.209 e. The minimum absolute atomic E-state index is 0.324. The molecule has 0 amide bonds. The van der Waals surface area contributed by atoms with Crippen LogP contribution in [0.25, 0.3) is 0 Å². The van der Waals surface area contributed by atoms with E-state index < -0.39 is 9.84 Å². The van der Waals surface area contributed by atoms with Gasteiger partial charge < -0.3 is 5.32 Å². The molecule has 84 valence electrons. The minimum Gasteiger partial charge on any atom is -0.386 e. The van der Waals surface area contributed by atoms with E-state index >= 15 is 0 Å². The van der Waals surface area contributed by atoms with E-state index in [9.17, 15) is 8.42 Å². The van der Waals surface area contributed by atoms with E-state index in [2.05, 4.69) is 5.32 Å². The Morgan fingerprint density at radius 1 is 1.12 bits per heavy atom. The van der Waals surface area contributed by atoms with Crippen LogP contribution in [0, 0.1) is 0 Å². The van der Waals surface area contributed by atoms with Gasteiger partial charge in [0.15, 0.2) is 0 Å². The van der Waals surface area contributed by atoms with Gasteiger partial charge in [0, 0.05) is 17.8 Å². The third-order valence-electron chi connectivity index (χ3n) is 2.24. The highest BCUT2D eigenvalue weighted by Gasteiger charge is 2.21. The molecular weight excluding hydrogens is 242 g/mol. The summed E-state index contributed by atoms with van der Waals surface area (Å²) in [4.78, 5) is 0.663. The van der Waals surface area contributed by atoms with Crippen LogP contribution in [-0.4, -0.2) is 15.5 Å². The Morgan fingerprint density at radius 3 is 2.44 bits per heavy atom. The van der Waals surface area contributed by atoms with Crippen LogP contribution in [0.1, 0.15) is 0 Å². The average Bonchev–Trinajstić information content (AvgIpc) is 2.79. The summed E-state index contributed by atoms with van der Waals surface area (Å²) in [6, 6.07) is 8.45. The Bertz CT molecular complexity index is 573. The quantitative estimate of drug-likeness (QED) is 0.914. The topological polar surface area (TPSA) is 46.2 Å². The molecule has 2 aromatic rings. The molecule has 1 aromatic heterocycles. The van der Waals surface area contributed by atoms with Crippen molar-refractivity contribution in [2.75, 3.05) is 12.4 Å². The molecule has 16 heavy (non-hydrogen) atoms. The van der Waals surface area contributed by atoms with Crippen LogP contribution in [-0.2, 0) is 9.84 Å². The third-order valence-corrected chi connectivity index (χ3v) is 4.94. The zero-order valence-electron chi connectivity index (χ0n) is 8.67. The molecule has 0 aliphatic rings. The molecule has 0 radical (unpaired) electrons. The zero-order chi connectivity index (χ0) is 11.6. The second kappa shape index (κ2) is 4.27. The molecule has 0 fully saturated rings. The maximum absolute atomic E-state index is 12.2. The molecule has 2 rings (SSSR count). The largest absolute Gasteiger partial charge is 0.386 e. The number of rotatable bonds is 3. The first-order chi connectivity index (χ1) is 7.66. The predicted octanol–water partition coefficient (Wildman–Crippen LogP) is 2.62. The van der Waals surface area contributed by atoms with Crippen LogP contribution in [0.4, 0.5) is 5.69 Å². The molecule has 0 saturated carbocycles. The fourth-order valence-electron chi connectivity index (χ4n) is 1.40. The summed E-state index contributed by atoms with van der Waals surface area (Å²) in [6.07, 6.45) is 0. The third kappa shape index (κ3) is 1.83. The van der Waals surface area contributed by atoms with Gasteiger partial charge in [-0.2, -0.15) is 0 Å². The number of thiophene rings is 1. The summed E-state index contributed by atoms with van der Waals surface area (Å²) in [6.45, 7) is 0. The van der Waals surface area contributed by atoms with Crippen molar-refractivity contribution in [1.29, 1.82) is 0 Å². The number of hydrogen-bond donors (Lipinski definition) is 1. The van der Waals surface area contributed by atoms with Crippen LogP contribution in [0.3, 0.4) is 0 Å². The molecule has 0 spiro atoms. The van der Waals surface area contributed by atoms with Crippen molar-refractivity contribution in [3.63, 3.8) is 0 Å². The Hall–Kier alpha value is -1.33. The SMILES string of the molecule is CNc1cscc1S(=O)(=O)c1ccccc1. The summed E-state index contributed by atoms with van der Waals surface area (Å²) in [5.41, 5.74) is 0.647. The van der Waals surface area contributed by atoms with E-state index in [1.807, 2.05) is 0 Å². The number of nitrogens with one attached hydrogen (secondary N) is 1. The van der Waals surface area contributed by atoms with E-state index in [0.717, 1.165) is 0 Å². The zero-order valence-corrected chi connectivity index (χ0v) is 10.3. The maximum Gasteiger partial charge on any atom is 0.209 e. The Morgan fingerprint density at radius 2 is 1.81 bits per heavy atom. The number of benzene rings is 1. The van der Waals surface area contributed by atoms with Crippen molar-refractivity contribution in [1.82, 2.24) is 0 Å². The standard InChI is InChI=1S/C11H11NO2S2/c1-12-10-7-15-8-11(10)16(13,14)9-5-3-2-4-6-9/h2-8,12H,1H3. The Kier molecular flexibility index (Phi) is 2.98. The molecule has 3 nitrogen and oxygen atoms in total. The fraction of sp³-hybridized carbons (Fsp3) is 0.0909. The van der Waals surface area contributed by atoms with Crippen LogP contribution in [0.15, 0.2) is 50.9 Å². The van der Waals surface area contributed by atoms with Crippen molar-refractivity contribution >= 4 is 26.9 Å². The van der Waals surface area contributed by atoms with Crippen molar-refractivity contribution in [2.45, 2.75) is 9.79 Å². The molecule has 5 heteroatoms. The molecule has 0 unspecified atom stereocenters. The second-order valence-electron chi connectivity index (χ2n) is 3.22. The lowest BCUT2D eigenvalue weighted by Gasteiger charge is -2.05. The van der Waals surface area contributed by atoms with E-state index in [-0.39, 0.29) is 0 Å². The van der Waals surface area contributed by atoms with E-state index in [0.29, 0.717) is 15.5 Å². The summed E-state index contributed by atoms with van der Waals surface area (Å²) in [5.74, 6) is 0. The summed E-state index contributed by atoms with van der Waals surface area (Å²) >= 11 is 1.37. The predicted molar refractivity (Wildman–Crippen MR) is 65.8 cm³/mol. The highest BCUT2D eigenvalue weighted by atomic mass is 32.2. The molecule has 0 atom stereocenters. The van der Waals surface area contributed by atoms with E-state index in [1.165, 1.54) is 11.3 Å². The van der Waals surface area contributed by atoms with Gasteiger partial charge in [0.1, 0.15) is 4.90 Å². The first kappa shape index (κ1) is 11.2. The van der Waals surface area contributed by atoms with Crippen molar-refractivity contribution in [3.8, 4) is 0 Å². The van der Waals surface area contributed by atoms with E-state index in [4.69, 9.17) is 0 Å². The highest BCUT2D eigenvalue weighted by Crippen LogP contribution is 2.30. The second-order valence-corrected chi connectivity index (χ2v) is 5.88. The monoisotopic (exact) mass is 253 g/mol. The molecule has 1 aromatic carbocycles. The van der Waals surface area contributed by atoms with Gasteiger partial charge in [-0.25, -0.2) is 8.42 Å². The number of hydrogen-bond acceptors (Lipinski definition) is 4. The minimum atomic E-state index is -3.39. The van der Waals surface area contributed by atoms with Gasteiger partial charge in [0.2, 0.25) is 9.84 Å². The first-order valence-electron chi connectivity index (χ1n) is 4.70. The van der Waals surface area contributed by atoms with Crippen LogP contribution in [0.5, 0.6) is 0 Å². The Balaban J connectivity index is 2.56. The van der Waals surface area contributed by atoms with Gasteiger partial charge in [0.05, 0.1) is 10.6 Å². The first-order valence-corrected chi connectivity index (χ1v) is 7.13. The van der Waals surface area contributed by atoms with Crippen LogP contribution >= 0.6 is 11.3 Å². The van der Waals surface area contributed by atoms with Crippen LogP contribution in [0.2, 0.25) is 0 Å².